The molecule has 1 aromatic rings. The van der Waals surface area contributed by atoms with Crippen molar-refractivity contribution in [3.8, 4) is 0 Å². The molecule has 0 radical (unpaired) electrons. The summed E-state index contributed by atoms with van der Waals surface area (Å²) in [5, 5.41) is 1.34. The molecule has 0 spiro atoms. The molecule has 0 bridgehead atoms. The molecular weight excluding hydrogens is 253 g/mol. The first-order chi connectivity index (χ1) is 8.09. The Morgan fingerprint density at radius 1 is 1.35 bits per heavy atom. The van der Waals surface area contributed by atoms with E-state index < -0.39 is 0 Å². The van der Waals surface area contributed by atoms with Gasteiger partial charge in [0.05, 0.1) is 10.0 Å². The third kappa shape index (κ3) is 1.56. The van der Waals surface area contributed by atoms with E-state index in [1.807, 2.05) is 6.07 Å². The van der Waals surface area contributed by atoms with E-state index >= 15 is 0 Å². The Morgan fingerprint density at radius 3 is 2.76 bits per heavy atom. The second kappa shape index (κ2) is 3.88. The van der Waals surface area contributed by atoms with E-state index in [0.717, 1.165) is 18.4 Å². The first kappa shape index (κ1) is 11.8. The van der Waals surface area contributed by atoms with Gasteiger partial charge in [0.15, 0.2) is 0 Å². The molecule has 2 fully saturated rings. The molecule has 1 heterocycles. The van der Waals surface area contributed by atoms with Gasteiger partial charge in [0.25, 0.3) is 0 Å². The Kier molecular flexibility index (Phi) is 2.70. The molecule has 2 unspecified atom stereocenters. The summed E-state index contributed by atoms with van der Waals surface area (Å²) < 4.78 is 0. The van der Waals surface area contributed by atoms with Crippen molar-refractivity contribution < 1.29 is 0 Å². The van der Waals surface area contributed by atoms with Crippen molar-refractivity contribution in [2.24, 2.45) is 11.8 Å². The van der Waals surface area contributed by atoms with E-state index in [1.54, 1.807) is 0 Å². The molecule has 3 rings (SSSR count). The Labute approximate surface area is 113 Å². The number of piperidine rings is 1. The minimum atomic E-state index is 0.351. The number of rotatable bonds is 2. The van der Waals surface area contributed by atoms with Crippen LogP contribution in [0.1, 0.15) is 19.4 Å². The molecule has 3 atom stereocenters. The summed E-state index contributed by atoms with van der Waals surface area (Å²) in [6, 6.07) is 6.16. The lowest BCUT2D eigenvalue weighted by atomic mass is 9.93. The molecule has 92 valence electrons. The van der Waals surface area contributed by atoms with E-state index in [4.69, 9.17) is 23.2 Å². The summed E-state index contributed by atoms with van der Waals surface area (Å²) in [5.74, 6) is 1.59. The summed E-state index contributed by atoms with van der Waals surface area (Å²) in [6.07, 6.45) is 0. The van der Waals surface area contributed by atoms with Crippen molar-refractivity contribution in [1.82, 2.24) is 4.90 Å². The Bertz CT molecular complexity index is 460. The average Bonchev–Trinajstić information content (AvgIpc) is 2.75. The molecule has 0 N–H and O–H groups in total. The van der Waals surface area contributed by atoms with Crippen molar-refractivity contribution >= 4 is 23.2 Å². The van der Waals surface area contributed by atoms with Crippen LogP contribution in [0.25, 0.3) is 0 Å². The fourth-order valence-corrected chi connectivity index (χ4v) is 3.91. The molecule has 1 aliphatic carbocycles. The number of hydrogen-bond acceptors (Lipinski definition) is 1. The standard InChI is InChI=1S/C14H17Cl2N/c1-3-17-7-11-9(2)14(11,8-17)10-4-5-12(15)13(16)6-10/h4-6,9,11H,3,7-8H2,1-2H3/t9-,11?,14?/m1/s1. The zero-order chi connectivity index (χ0) is 12.2. The topological polar surface area (TPSA) is 3.24 Å². The SMILES string of the molecule is CCN1CC2[C@@H](C)C2(c2ccc(Cl)c(Cl)c2)C1. The molecule has 17 heavy (non-hydrogen) atoms. The van der Waals surface area contributed by atoms with Crippen LogP contribution in [0, 0.1) is 11.8 Å². The van der Waals surface area contributed by atoms with E-state index in [1.165, 1.54) is 18.7 Å². The normalized spacial score (nSPS) is 36.0. The van der Waals surface area contributed by atoms with E-state index in [9.17, 15) is 0 Å². The fraction of sp³-hybridized carbons (Fsp3) is 0.571. The number of likely N-dealkylation sites (tertiary alicyclic amines) is 1. The van der Waals surface area contributed by atoms with Crippen LogP contribution in [-0.2, 0) is 5.41 Å². The smallest absolute Gasteiger partial charge is 0.0595 e. The molecule has 1 aliphatic heterocycles. The lowest BCUT2D eigenvalue weighted by Gasteiger charge is -2.21. The second-order valence-electron chi connectivity index (χ2n) is 5.39. The Hall–Kier alpha value is -0.240. The first-order valence-electron chi connectivity index (χ1n) is 6.27. The van der Waals surface area contributed by atoms with E-state index in [2.05, 4.69) is 30.9 Å². The molecule has 1 aromatic carbocycles. The summed E-state index contributed by atoms with van der Waals surface area (Å²) in [4.78, 5) is 2.53. The van der Waals surface area contributed by atoms with Crippen molar-refractivity contribution in [2.75, 3.05) is 19.6 Å². The van der Waals surface area contributed by atoms with Gasteiger partial charge in [0, 0.05) is 18.5 Å². The van der Waals surface area contributed by atoms with Gasteiger partial charge < -0.3 is 4.90 Å². The maximum absolute atomic E-state index is 6.15. The largest absolute Gasteiger partial charge is 0.302 e. The van der Waals surface area contributed by atoms with Crippen molar-refractivity contribution in [1.29, 1.82) is 0 Å². The molecule has 2 aliphatic rings. The predicted octanol–water partition coefficient (Wildman–Crippen LogP) is 3.83. The zero-order valence-corrected chi connectivity index (χ0v) is 11.7. The maximum Gasteiger partial charge on any atom is 0.0595 e. The van der Waals surface area contributed by atoms with Gasteiger partial charge in [0.2, 0.25) is 0 Å². The third-order valence-electron chi connectivity index (χ3n) is 4.81. The maximum atomic E-state index is 6.15. The molecule has 0 aromatic heterocycles. The van der Waals surface area contributed by atoms with Gasteiger partial charge in [0.1, 0.15) is 0 Å². The lowest BCUT2D eigenvalue weighted by Crippen LogP contribution is -2.28. The summed E-state index contributed by atoms with van der Waals surface area (Å²) in [5.41, 5.74) is 1.73. The van der Waals surface area contributed by atoms with Gasteiger partial charge in [-0.25, -0.2) is 0 Å². The van der Waals surface area contributed by atoms with Gasteiger partial charge >= 0.3 is 0 Å². The van der Waals surface area contributed by atoms with Crippen molar-refractivity contribution in [3.63, 3.8) is 0 Å². The van der Waals surface area contributed by atoms with Crippen LogP contribution in [0.2, 0.25) is 10.0 Å². The van der Waals surface area contributed by atoms with Crippen LogP contribution in [-0.4, -0.2) is 24.5 Å². The molecular formula is C14H17Cl2N. The average molecular weight is 270 g/mol. The molecule has 1 nitrogen and oxygen atoms in total. The van der Waals surface area contributed by atoms with Crippen molar-refractivity contribution in [2.45, 2.75) is 19.3 Å². The number of fused-ring (bicyclic) bond motifs is 1. The number of benzene rings is 1. The number of halogens is 2. The third-order valence-corrected chi connectivity index (χ3v) is 5.55. The molecule has 3 heteroatoms. The highest BCUT2D eigenvalue weighted by Gasteiger charge is 2.66. The second-order valence-corrected chi connectivity index (χ2v) is 6.21. The summed E-state index contributed by atoms with van der Waals surface area (Å²) in [7, 11) is 0. The number of likely N-dealkylation sites (N-methyl/N-ethyl adjacent to an activating group) is 1. The Balaban J connectivity index is 1.96. The fourth-order valence-electron chi connectivity index (χ4n) is 3.62. The van der Waals surface area contributed by atoms with Crippen LogP contribution in [0.15, 0.2) is 18.2 Å². The van der Waals surface area contributed by atoms with Crippen LogP contribution in [0.4, 0.5) is 0 Å². The van der Waals surface area contributed by atoms with Gasteiger partial charge in [-0.05, 0) is 36.1 Å². The van der Waals surface area contributed by atoms with E-state index in [-0.39, 0.29) is 0 Å². The summed E-state index contributed by atoms with van der Waals surface area (Å²) >= 11 is 12.1. The predicted molar refractivity (Wildman–Crippen MR) is 72.9 cm³/mol. The van der Waals surface area contributed by atoms with Crippen LogP contribution in [0.3, 0.4) is 0 Å². The van der Waals surface area contributed by atoms with E-state index in [0.29, 0.717) is 15.5 Å². The highest BCUT2D eigenvalue weighted by Crippen LogP contribution is 2.64. The van der Waals surface area contributed by atoms with Gasteiger partial charge in [-0.15, -0.1) is 0 Å². The van der Waals surface area contributed by atoms with Crippen LogP contribution < -0.4 is 0 Å². The van der Waals surface area contributed by atoms with Crippen molar-refractivity contribution in [3.05, 3.63) is 33.8 Å². The quantitative estimate of drug-likeness (QED) is 0.789. The van der Waals surface area contributed by atoms with Crippen LogP contribution in [0.5, 0.6) is 0 Å². The van der Waals surface area contributed by atoms with Gasteiger partial charge in [-0.1, -0.05) is 43.1 Å². The minimum Gasteiger partial charge on any atom is -0.302 e. The number of nitrogens with zero attached hydrogens (tertiary/aromatic N) is 1. The lowest BCUT2D eigenvalue weighted by molar-refractivity contribution is 0.295. The van der Waals surface area contributed by atoms with Gasteiger partial charge in [-0.3, -0.25) is 0 Å². The molecule has 1 saturated carbocycles. The van der Waals surface area contributed by atoms with Crippen LogP contribution >= 0.6 is 23.2 Å². The van der Waals surface area contributed by atoms with Gasteiger partial charge in [-0.2, -0.15) is 0 Å². The molecule has 0 amide bonds. The first-order valence-corrected chi connectivity index (χ1v) is 7.03. The highest BCUT2D eigenvalue weighted by atomic mass is 35.5. The minimum absolute atomic E-state index is 0.351. The Morgan fingerprint density at radius 2 is 2.12 bits per heavy atom. The number of hydrogen-bond donors (Lipinski definition) is 0. The zero-order valence-electron chi connectivity index (χ0n) is 10.2. The summed E-state index contributed by atoms with van der Waals surface area (Å²) in [6.45, 7) is 8.15. The highest BCUT2D eigenvalue weighted by molar-refractivity contribution is 6.42. The monoisotopic (exact) mass is 269 g/mol. The molecule has 1 saturated heterocycles.